The number of carbonyl (C=O) groups is 2. The SMILES string of the molecule is CPON1CC[C@@](C)(C(=O)c2ccc(C(C)(C)C)cc2)C1=O. The van der Waals surface area contributed by atoms with Gasteiger partial charge >= 0.3 is 0 Å². The smallest absolute Gasteiger partial charge is 0.260 e. The van der Waals surface area contributed by atoms with Crippen molar-refractivity contribution in [1.82, 2.24) is 5.06 Å². The summed E-state index contributed by atoms with van der Waals surface area (Å²) in [6, 6.07) is 7.59. The standard InChI is InChI=1S/C17H24NO3P/c1-16(2,3)13-8-6-12(7-9-13)14(19)17(4)10-11-18(15(17)20)21-22-5/h6-9,22H,10-11H2,1-5H3/t17-/m0/s1. The Balaban J connectivity index is 2.23. The summed E-state index contributed by atoms with van der Waals surface area (Å²) in [7, 11) is 0.199. The Morgan fingerprint density at radius 1 is 1.27 bits per heavy atom. The minimum Gasteiger partial charge on any atom is -0.293 e. The zero-order chi connectivity index (χ0) is 16.5. The minimum atomic E-state index is -1.01. The molecule has 0 aliphatic carbocycles. The number of nitrogens with zero attached hydrogens (tertiary/aromatic N) is 1. The summed E-state index contributed by atoms with van der Waals surface area (Å²) < 4.78 is 5.32. The van der Waals surface area contributed by atoms with Gasteiger partial charge in [0.15, 0.2) is 5.78 Å². The maximum absolute atomic E-state index is 12.8. The fourth-order valence-corrected chi connectivity index (χ4v) is 3.05. The molecule has 0 N–H and O–H groups in total. The average molecular weight is 321 g/mol. The lowest BCUT2D eigenvalue weighted by Crippen LogP contribution is -2.37. The quantitative estimate of drug-likeness (QED) is 0.484. The van der Waals surface area contributed by atoms with Gasteiger partial charge in [0.25, 0.3) is 5.91 Å². The fraction of sp³-hybridized carbons (Fsp3) is 0.529. The summed E-state index contributed by atoms with van der Waals surface area (Å²) in [5, 5.41) is 1.33. The molecule has 1 aromatic rings. The van der Waals surface area contributed by atoms with Crippen molar-refractivity contribution in [1.29, 1.82) is 0 Å². The van der Waals surface area contributed by atoms with Crippen LogP contribution in [0.4, 0.5) is 0 Å². The lowest BCUT2D eigenvalue weighted by atomic mass is 9.79. The van der Waals surface area contributed by atoms with E-state index in [1.54, 1.807) is 6.92 Å². The van der Waals surface area contributed by atoms with Gasteiger partial charge in [-0.3, -0.25) is 14.2 Å². The third-order valence-corrected chi connectivity index (χ3v) is 4.63. The van der Waals surface area contributed by atoms with Crippen molar-refractivity contribution in [2.75, 3.05) is 13.2 Å². The maximum Gasteiger partial charge on any atom is 0.260 e. The van der Waals surface area contributed by atoms with Gasteiger partial charge in [0.2, 0.25) is 0 Å². The Labute approximate surface area is 134 Å². The topological polar surface area (TPSA) is 46.6 Å². The summed E-state index contributed by atoms with van der Waals surface area (Å²) in [6.45, 7) is 10.4. The largest absolute Gasteiger partial charge is 0.293 e. The fourth-order valence-electron chi connectivity index (χ4n) is 2.66. The van der Waals surface area contributed by atoms with Crippen LogP contribution in [0.2, 0.25) is 0 Å². The van der Waals surface area contributed by atoms with Crippen LogP contribution in [-0.4, -0.2) is 30.0 Å². The second-order valence-electron chi connectivity index (χ2n) is 6.94. The normalized spacial score (nSPS) is 22.8. The van der Waals surface area contributed by atoms with Crippen LogP contribution in [0.3, 0.4) is 0 Å². The molecule has 1 aliphatic rings. The van der Waals surface area contributed by atoms with E-state index in [2.05, 4.69) is 20.8 Å². The first-order chi connectivity index (χ1) is 10.2. The van der Waals surface area contributed by atoms with Gasteiger partial charge in [-0.25, -0.2) is 5.06 Å². The molecule has 120 valence electrons. The molecule has 0 bridgehead atoms. The summed E-state index contributed by atoms with van der Waals surface area (Å²) in [5.74, 6) is -0.352. The average Bonchev–Trinajstić information content (AvgIpc) is 2.76. The third-order valence-electron chi connectivity index (χ3n) is 4.23. The van der Waals surface area contributed by atoms with Gasteiger partial charge in [0.05, 0.1) is 6.54 Å². The van der Waals surface area contributed by atoms with Crippen molar-refractivity contribution < 1.29 is 14.2 Å². The Kier molecular flexibility index (Phi) is 4.74. The Morgan fingerprint density at radius 3 is 2.36 bits per heavy atom. The number of hydrogen-bond donors (Lipinski definition) is 0. The second-order valence-corrected chi connectivity index (χ2v) is 7.53. The van der Waals surface area contributed by atoms with Gasteiger partial charge in [0.1, 0.15) is 5.41 Å². The lowest BCUT2D eigenvalue weighted by Gasteiger charge is -2.22. The summed E-state index contributed by atoms with van der Waals surface area (Å²) in [5.41, 5.74) is 0.790. The van der Waals surface area contributed by atoms with Crippen LogP contribution >= 0.6 is 8.81 Å². The molecule has 1 aliphatic heterocycles. The molecule has 1 saturated heterocycles. The number of Topliss-reactive ketones (excluding diaryl/α,β-unsaturated/α-hetero) is 1. The van der Waals surface area contributed by atoms with E-state index in [0.29, 0.717) is 18.5 Å². The Bertz CT molecular complexity index is 577. The van der Waals surface area contributed by atoms with E-state index in [4.69, 9.17) is 4.62 Å². The van der Waals surface area contributed by atoms with E-state index in [-0.39, 0.29) is 25.9 Å². The molecule has 22 heavy (non-hydrogen) atoms. The summed E-state index contributed by atoms with van der Waals surface area (Å²) in [6.07, 6.45) is 0.496. The van der Waals surface area contributed by atoms with E-state index < -0.39 is 5.41 Å². The predicted octanol–water partition coefficient (Wildman–Crippen LogP) is 3.56. The molecule has 0 aromatic heterocycles. The Morgan fingerprint density at radius 2 is 1.86 bits per heavy atom. The van der Waals surface area contributed by atoms with Crippen molar-refractivity contribution >= 4 is 20.5 Å². The minimum absolute atomic E-state index is 0.0430. The molecule has 1 unspecified atom stereocenters. The summed E-state index contributed by atoms with van der Waals surface area (Å²) in [4.78, 5) is 25.2. The number of benzene rings is 1. The van der Waals surface area contributed by atoms with Crippen LogP contribution in [-0.2, 0) is 14.8 Å². The monoisotopic (exact) mass is 321 g/mol. The highest BCUT2D eigenvalue weighted by molar-refractivity contribution is 7.31. The van der Waals surface area contributed by atoms with Gasteiger partial charge in [-0.1, -0.05) is 45.0 Å². The zero-order valence-corrected chi connectivity index (χ0v) is 14.9. The molecule has 2 atom stereocenters. The molecule has 5 heteroatoms. The predicted molar refractivity (Wildman–Crippen MR) is 89.2 cm³/mol. The molecule has 1 amide bonds. The van der Waals surface area contributed by atoms with Gasteiger partial charge < -0.3 is 0 Å². The number of rotatable bonds is 4. The van der Waals surface area contributed by atoms with Crippen LogP contribution in [0, 0.1) is 5.41 Å². The van der Waals surface area contributed by atoms with Crippen LogP contribution in [0.15, 0.2) is 24.3 Å². The first-order valence-corrected chi connectivity index (χ1v) is 8.92. The van der Waals surface area contributed by atoms with Gasteiger partial charge in [-0.05, 0) is 31.0 Å². The highest BCUT2D eigenvalue weighted by Crippen LogP contribution is 2.36. The molecule has 0 saturated carbocycles. The second kappa shape index (κ2) is 6.10. The summed E-state index contributed by atoms with van der Waals surface area (Å²) >= 11 is 0. The number of hydroxylamine groups is 2. The molecule has 1 fully saturated rings. The number of ketones is 1. The molecule has 0 spiro atoms. The van der Waals surface area contributed by atoms with Crippen LogP contribution in [0.5, 0.6) is 0 Å². The number of amides is 1. The van der Waals surface area contributed by atoms with E-state index in [1.165, 1.54) is 10.6 Å². The molecular formula is C17H24NO3P. The number of carbonyl (C=O) groups excluding carboxylic acids is 2. The molecule has 1 aromatic carbocycles. The van der Waals surface area contributed by atoms with Crippen LogP contribution in [0.1, 0.15) is 50.0 Å². The van der Waals surface area contributed by atoms with Crippen molar-refractivity contribution in [3.8, 4) is 0 Å². The van der Waals surface area contributed by atoms with E-state index in [0.717, 1.165) is 0 Å². The molecule has 4 nitrogen and oxygen atoms in total. The first kappa shape index (κ1) is 17.1. The highest BCUT2D eigenvalue weighted by atomic mass is 31.1. The maximum atomic E-state index is 12.8. The molecule has 0 radical (unpaired) electrons. The van der Waals surface area contributed by atoms with Gasteiger partial charge in [-0.15, -0.1) is 0 Å². The van der Waals surface area contributed by atoms with Gasteiger partial charge in [-0.2, -0.15) is 0 Å². The van der Waals surface area contributed by atoms with Crippen molar-refractivity contribution in [3.63, 3.8) is 0 Å². The third kappa shape index (κ3) is 3.09. The number of hydrogen-bond acceptors (Lipinski definition) is 3. The van der Waals surface area contributed by atoms with Crippen molar-refractivity contribution in [2.24, 2.45) is 5.41 Å². The first-order valence-electron chi connectivity index (χ1n) is 7.51. The molecular weight excluding hydrogens is 297 g/mol. The van der Waals surface area contributed by atoms with E-state index in [9.17, 15) is 9.59 Å². The van der Waals surface area contributed by atoms with Gasteiger partial charge in [0, 0.05) is 14.4 Å². The van der Waals surface area contributed by atoms with Crippen molar-refractivity contribution in [3.05, 3.63) is 35.4 Å². The van der Waals surface area contributed by atoms with E-state index in [1.807, 2.05) is 30.9 Å². The van der Waals surface area contributed by atoms with E-state index >= 15 is 0 Å². The van der Waals surface area contributed by atoms with Crippen LogP contribution in [0.25, 0.3) is 0 Å². The van der Waals surface area contributed by atoms with Crippen molar-refractivity contribution in [2.45, 2.75) is 39.5 Å². The molecule has 1 heterocycles. The Hall–Kier alpha value is -1.25. The van der Waals surface area contributed by atoms with Crippen LogP contribution < -0.4 is 0 Å². The zero-order valence-electron chi connectivity index (χ0n) is 13.9. The lowest BCUT2D eigenvalue weighted by molar-refractivity contribution is -0.153. The highest BCUT2D eigenvalue weighted by Gasteiger charge is 2.49. The molecule has 2 rings (SSSR count).